The fraction of sp³-hybridized carbons (Fsp3) is 0.188. The zero-order chi connectivity index (χ0) is 15.2. The maximum absolute atomic E-state index is 11.7. The largest absolute Gasteiger partial charge is 0.397 e. The summed E-state index contributed by atoms with van der Waals surface area (Å²) < 4.78 is 1.05. The lowest BCUT2D eigenvalue weighted by Crippen LogP contribution is -2.22. The van der Waals surface area contributed by atoms with Crippen LogP contribution in [0.5, 0.6) is 0 Å². The molecule has 4 nitrogen and oxygen atoms in total. The van der Waals surface area contributed by atoms with E-state index in [0.717, 1.165) is 15.7 Å². The molecule has 110 valence electrons. The molecule has 0 aliphatic heterocycles. The van der Waals surface area contributed by atoms with Crippen LogP contribution in [0.2, 0.25) is 0 Å². The predicted octanol–water partition coefficient (Wildman–Crippen LogP) is 3.39. The van der Waals surface area contributed by atoms with Crippen LogP contribution in [0.25, 0.3) is 0 Å². The summed E-state index contributed by atoms with van der Waals surface area (Å²) in [6.45, 7) is 3.14. The van der Waals surface area contributed by atoms with Crippen LogP contribution in [0, 0.1) is 0 Å². The van der Waals surface area contributed by atoms with Gasteiger partial charge in [-0.1, -0.05) is 34.1 Å². The predicted molar refractivity (Wildman–Crippen MR) is 90.3 cm³/mol. The van der Waals surface area contributed by atoms with Crippen molar-refractivity contribution in [3.63, 3.8) is 0 Å². The van der Waals surface area contributed by atoms with Crippen molar-refractivity contribution in [2.75, 3.05) is 17.6 Å². The Morgan fingerprint density at radius 2 is 2.00 bits per heavy atom. The number of anilines is 2. The number of halogens is 1. The van der Waals surface area contributed by atoms with Crippen molar-refractivity contribution in [2.45, 2.75) is 13.5 Å². The van der Waals surface area contributed by atoms with Gasteiger partial charge in [0.25, 0.3) is 5.91 Å². The van der Waals surface area contributed by atoms with Crippen LogP contribution >= 0.6 is 15.9 Å². The smallest absolute Gasteiger partial charge is 0.251 e. The van der Waals surface area contributed by atoms with Gasteiger partial charge < -0.3 is 16.4 Å². The highest BCUT2D eigenvalue weighted by atomic mass is 79.9. The van der Waals surface area contributed by atoms with Crippen LogP contribution in [-0.4, -0.2) is 12.5 Å². The molecule has 0 unspecified atom stereocenters. The number of amides is 1. The zero-order valence-corrected chi connectivity index (χ0v) is 13.4. The number of carbonyl (C=O) groups excluding carboxylic acids is 1. The molecule has 0 atom stereocenters. The number of rotatable bonds is 5. The topological polar surface area (TPSA) is 67.2 Å². The molecule has 0 saturated heterocycles. The van der Waals surface area contributed by atoms with Gasteiger partial charge in [-0.2, -0.15) is 0 Å². The molecule has 0 aromatic heterocycles. The van der Waals surface area contributed by atoms with Crippen LogP contribution in [0.3, 0.4) is 0 Å². The van der Waals surface area contributed by atoms with Crippen LogP contribution in [-0.2, 0) is 6.54 Å². The molecule has 0 fully saturated rings. The molecule has 0 spiro atoms. The van der Waals surface area contributed by atoms with Crippen molar-refractivity contribution in [1.29, 1.82) is 0 Å². The lowest BCUT2D eigenvalue weighted by molar-refractivity contribution is 0.0956. The highest BCUT2D eigenvalue weighted by Crippen LogP contribution is 2.22. The molecular formula is C16H18BrN3O. The van der Waals surface area contributed by atoms with Crippen LogP contribution < -0.4 is 16.4 Å². The van der Waals surface area contributed by atoms with Gasteiger partial charge in [-0.25, -0.2) is 0 Å². The van der Waals surface area contributed by atoms with Gasteiger partial charge in [0.2, 0.25) is 0 Å². The molecule has 0 aliphatic rings. The summed E-state index contributed by atoms with van der Waals surface area (Å²) in [5.74, 6) is -0.110. The van der Waals surface area contributed by atoms with Gasteiger partial charge in [0.05, 0.1) is 11.4 Å². The number of hydrogen-bond acceptors (Lipinski definition) is 3. The summed E-state index contributed by atoms with van der Waals surface area (Å²) in [4.78, 5) is 11.7. The Hall–Kier alpha value is -2.01. The number of nitrogens with two attached hydrogens (primary N) is 1. The first-order valence-corrected chi connectivity index (χ1v) is 7.56. The summed E-state index contributed by atoms with van der Waals surface area (Å²) in [7, 11) is 0. The van der Waals surface area contributed by atoms with Crippen molar-refractivity contribution in [1.82, 2.24) is 5.32 Å². The number of nitrogens with one attached hydrogen (secondary N) is 2. The molecule has 2 rings (SSSR count). The molecule has 0 aliphatic carbocycles. The number of hydrogen-bond donors (Lipinski definition) is 3. The minimum Gasteiger partial charge on any atom is -0.397 e. The average molecular weight is 348 g/mol. The highest BCUT2D eigenvalue weighted by molar-refractivity contribution is 9.10. The van der Waals surface area contributed by atoms with Crippen LogP contribution in [0.4, 0.5) is 11.4 Å². The van der Waals surface area contributed by atoms with Crippen molar-refractivity contribution in [2.24, 2.45) is 0 Å². The Morgan fingerprint density at radius 1 is 1.24 bits per heavy atom. The normalized spacial score (nSPS) is 10.2. The Labute approximate surface area is 132 Å². The third kappa shape index (κ3) is 3.98. The summed E-state index contributed by atoms with van der Waals surface area (Å²) in [6, 6.07) is 13.3. The van der Waals surface area contributed by atoms with E-state index in [-0.39, 0.29) is 5.91 Å². The number of benzene rings is 2. The quantitative estimate of drug-likeness (QED) is 0.726. The molecular weight excluding hydrogens is 330 g/mol. The molecule has 0 heterocycles. The third-order valence-corrected chi connectivity index (χ3v) is 3.85. The van der Waals surface area contributed by atoms with E-state index in [0.29, 0.717) is 24.3 Å². The molecule has 4 N–H and O–H groups in total. The van der Waals surface area contributed by atoms with E-state index in [1.165, 1.54) is 0 Å². The highest BCUT2D eigenvalue weighted by Gasteiger charge is 2.07. The van der Waals surface area contributed by atoms with Crippen LogP contribution in [0.1, 0.15) is 22.8 Å². The van der Waals surface area contributed by atoms with E-state index in [4.69, 9.17) is 5.73 Å². The molecule has 21 heavy (non-hydrogen) atoms. The number of nitrogen functional groups attached to an aromatic ring is 1. The third-order valence-electron chi connectivity index (χ3n) is 3.08. The SMILES string of the molecule is CCNC(=O)c1ccc(NCc2ccccc2Br)c(N)c1. The maximum Gasteiger partial charge on any atom is 0.251 e. The second-order valence-electron chi connectivity index (χ2n) is 4.61. The molecule has 0 saturated carbocycles. The van der Waals surface area contributed by atoms with Gasteiger partial charge in [-0.3, -0.25) is 4.79 Å². The van der Waals surface area contributed by atoms with Gasteiger partial charge in [-0.15, -0.1) is 0 Å². The average Bonchev–Trinajstić information content (AvgIpc) is 2.47. The summed E-state index contributed by atoms with van der Waals surface area (Å²) >= 11 is 3.51. The standard InChI is InChI=1S/C16H18BrN3O/c1-2-19-16(21)11-7-8-15(14(18)9-11)20-10-12-5-3-4-6-13(12)17/h3-9,20H,2,10,18H2,1H3,(H,19,21). The second-order valence-corrected chi connectivity index (χ2v) is 5.46. The van der Waals surface area contributed by atoms with Gasteiger partial charge in [0.1, 0.15) is 0 Å². The van der Waals surface area contributed by atoms with Gasteiger partial charge in [-0.05, 0) is 36.8 Å². The van der Waals surface area contributed by atoms with Crippen LogP contribution in [0.15, 0.2) is 46.9 Å². The molecule has 2 aromatic carbocycles. The lowest BCUT2D eigenvalue weighted by atomic mass is 10.1. The zero-order valence-electron chi connectivity index (χ0n) is 11.8. The van der Waals surface area contributed by atoms with E-state index in [1.54, 1.807) is 12.1 Å². The summed E-state index contributed by atoms with van der Waals surface area (Å²) in [5.41, 5.74) is 9.10. The van der Waals surface area contributed by atoms with Crippen molar-refractivity contribution in [3.05, 3.63) is 58.1 Å². The first-order valence-electron chi connectivity index (χ1n) is 6.76. The minimum atomic E-state index is -0.110. The molecule has 0 bridgehead atoms. The van der Waals surface area contributed by atoms with Crippen molar-refractivity contribution < 1.29 is 4.79 Å². The van der Waals surface area contributed by atoms with Crippen molar-refractivity contribution >= 4 is 33.2 Å². The second kappa shape index (κ2) is 7.13. The summed E-state index contributed by atoms with van der Waals surface area (Å²) in [6.07, 6.45) is 0. The fourth-order valence-corrected chi connectivity index (χ4v) is 2.38. The Kier molecular flexibility index (Phi) is 5.22. The molecule has 2 aromatic rings. The molecule has 0 radical (unpaired) electrons. The van der Waals surface area contributed by atoms with E-state index in [1.807, 2.05) is 37.3 Å². The fourth-order valence-electron chi connectivity index (χ4n) is 1.96. The maximum atomic E-state index is 11.7. The van der Waals surface area contributed by atoms with Crippen molar-refractivity contribution in [3.8, 4) is 0 Å². The first kappa shape index (κ1) is 15.4. The van der Waals surface area contributed by atoms with E-state index < -0.39 is 0 Å². The molecule has 5 heteroatoms. The Balaban J connectivity index is 2.08. The Morgan fingerprint density at radius 3 is 2.67 bits per heavy atom. The van der Waals surface area contributed by atoms with Gasteiger partial charge in [0.15, 0.2) is 0 Å². The Bertz CT molecular complexity index is 643. The minimum absolute atomic E-state index is 0.110. The first-order chi connectivity index (χ1) is 10.1. The summed E-state index contributed by atoms with van der Waals surface area (Å²) in [5, 5.41) is 6.03. The van der Waals surface area contributed by atoms with E-state index in [9.17, 15) is 4.79 Å². The molecule has 1 amide bonds. The van der Waals surface area contributed by atoms with Gasteiger partial charge in [0, 0.05) is 23.1 Å². The lowest BCUT2D eigenvalue weighted by Gasteiger charge is -2.12. The number of carbonyl (C=O) groups is 1. The monoisotopic (exact) mass is 347 g/mol. The van der Waals surface area contributed by atoms with E-state index >= 15 is 0 Å². The van der Waals surface area contributed by atoms with Gasteiger partial charge >= 0.3 is 0 Å². The van der Waals surface area contributed by atoms with E-state index in [2.05, 4.69) is 26.6 Å².